The maximum atomic E-state index is 14.6. The third-order valence-corrected chi connectivity index (χ3v) is 5.18. The van der Waals surface area contributed by atoms with Crippen LogP contribution in [0.2, 0.25) is 0 Å². The lowest BCUT2D eigenvalue weighted by atomic mass is 10.0. The van der Waals surface area contributed by atoms with Crippen LogP contribution in [0.15, 0.2) is 36.5 Å². The maximum Gasteiger partial charge on any atom is 0.404 e. The third-order valence-electron chi connectivity index (χ3n) is 5.18. The molecule has 1 fully saturated rings. The van der Waals surface area contributed by atoms with E-state index in [9.17, 15) is 13.6 Å². The van der Waals surface area contributed by atoms with Gasteiger partial charge in [0.05, 0.1) is 24.2 Å². The average molecular weight is 414 g/mol. The fourth-order valence-electron chi connectivity index (χ4n) is 3.76. The summed E-state index contributed by atoms with van der Waals surface area (Å²) in [6, 6.07) is 7.16. The number of aromatic nitrogens is 2. The van der Waals surface area contributed by atoms with E-state index in [0.717, 1.165) is 25.3 Å². The molecule has 156 valence electrons. The van der Waals surface area contributed by atoms with E-state index in [1.807, 2.05) is 0 Å². The van der Waals surface area contributed by atoms with Gasteiger partial charge in [0, 0.05) is 11.6 Å². The summed E-state index contributed by atoms with van der Waals surface area (Å²) in [4.78, 5) is 19.8. The van der Waals surface area contributed by atoms with Crippen molar-refractivity contribution < 1.29 is 23.0 Å². The number of nitrogens with two attached hydrogens (primary N) is 1. The number of carbonyl (C=O) groups is 1. The van der Waals surface area contributed by atoms with Gasteiger partial charge in [0.1, 0.15) is 11.9 Å². The third kappa shape index (κ3) is 3.83. The van der Waals surface area contributed by atoms with Crippen LogP contribution in [0, 0.1) is 11.6 Å². The topological polar surface area (TPSA) is 99.4 Å². The number of nitrogens with zero attached hydrogens (tertiary/aromatic N) is 2. The second-order valence-electron chi connectivity index (χ2n) is 7.06. The van der Waals surface area contributed by atoms with E-state index in [1.165, 1.54) is 13.2 Å². The number of hydrogen-bond acceptors (Lipinski definition) is 6. The first-order chi connectivity index (χ1) is 14.5. The van der Waals surface area contributed by atoms with Crippen molar-refractivity contribution in [2.24, 2.45) is 5.73 Å². The number of nitrogens with one attached hydrogen (secondary N) is 1. The van der Waals surface area contributed by atoms with Crippen molar-refractivity contribution in [3.8, 4) is 16.9 Å². The summed E-state index contributed by atoms with van der Waals surface area (Å²) < 4.78 is 39.0. The van der Waals surface area contributed by atoms with Crippen molar-refractivity contribution in [3.63, 3.8) is 0 Å². The maximum absolute atomic E-state index is 14.6. The van der Waals surface area contributed by atoms with E-state index in [4.69, 9.17) is 15.2 Å². The van der Waals surface area contributed by atoms with Crippen LogP contribution >= 0.6 is 0 Å². The van der Waals surface area contributed by atoms with Crippen LogP contribution in [0.3, 0.4) is 0 Å². The SMILES string of the molecule is COc1ccc(F)c(-c2ccc3nc(N[C@@H]4CCC[C@@H]4OC(N)=O)ncc3c2)c1F. The highest BCUT2D eigenvalue weighted by Crippen LogP contribution is 2.33. The van der Waals surface area contributed by atoms with Crippen LogP contribution in [-0.2, 0) is 4.74 Å². The van der Waals surface area contributed by atoms with Gasteiger partial charge in [-0.3, -0.25) is 0 Å². The molecule has 0 saturated heterocycles. The smallest absolute Gasteiger partial charge is 0.404 e. The van der Waals surface area contributed by atoms with Gasteiger partial charge in [-0.25, -0.2) is 23.5 Å². The van der Waals surface area contributed by atoms with Crippen LogP contribution in [-0.4, -0.2) is 35.3 Å². The van der Waals surface area contributed by atoms with E-state index in [0.29, 0.717) is 22.4 Å². The lowest BCUT2D eigenvalue weighted by Gasteiger charge is -2.20. The quantitative estimate of drug-likeness (QED) is 0.654. The zero-order valence-electron chi connectivity index (χ0n) is 16.2. The molecular formula is C21H20F2N4O3. The summed E-state index contributed by atoms with van der Waals surface area (Å²) >= 11 is 0. The minimum atomic E-state index is -0.808. The van der Waals surface area contributed by atoms with Gasteiger partial charge in [0.2, 0.25) is 5.95 Å². The summed E-state index contributed by atoms with van der Waals surface area (Å²) in [5.74, 6) is -1.11. The molecule has 0 spiro atoms. The highest BCUT2D eigenvalue weighted by Gasteiger charge is 2.30. The fourth-order valence-corrected chi connectivity index (χ4v) is 3.76. The summed E-state index contributed by atoms with van der Waals surface area (Å²) in [6.07, 6.45) is 2.84. The van der Waals surface area contributed by atoms with Crippen molar-refractivity contribution >= 4 is 22.9 Å². The van der Waals surface area contributed by atoms with E-state index in [2.05, 4.69) is 15.3 Å². The van der Waals surface area contributed by atoms with Gasteiger partial charge in [0.25, 0.3) is 0 Å². The number of rotatable bonds is 5. The molecular weight excluding hydrogens is 394 g/mol. The van der Waals surface area contributed by atoms with Crippen LogP contribution in [0.4, 0.5) is 19.5 Å². The predicted octanol–water partition coefficient (Wildman–Crippen LogP) is 4.01. The molecule has 4 rings (SSSR count). The van der Waals surface area contributed by atoms with Gasteiger partial charge in [-0.15, -0.1) is 0 Å². The number of carbonyl (C=O) groups excluding carboxylic acids is 1. The summed E-state index contributed by atoms with van der Waals surface area (Å²) in [6.45, 7) is 0. The zero-order chi connectivity index (χ0) is 21.3. The molecule has 0 bridgehead atoms. The lowest BCUT2D eigenvalue weighted by molar-refractivity contribution is 0.104. The molecule has 3 N–H and O–H groups in total. The highest BCUT2D eigenvalue weighted by atomic mass is 19.1. The van der Waals surface area contributed by atoms with E-state index in [-0.39, 0.29) is 23.5 Å². The molecule has 1 aliphatic rings. The zero-order valence-corrected chi connectivity index (χ0v) is 16.2. The molecule has 9 heteroatoms. The van der Waals surface area contributed by atoms with Crippen molar-refractivity contribution in [1.82, 2.24) is 9.97 Å². The molecule has 2 atom stereocenters. The van der Waals surface area contributed by atoms with Crippen LogP contribution < -0.4 is 15.8 Å². The predicted molar refractivity (Wildman–Crippen MR) is 107 cm³/mol. The Hall–Kier alpha value is -3.49. The monoisotopic (exact) mass is 414 g/mol. The van der Waals surface area contributed by atoms with Gasteiger partial charge in [0.15, 0.2) is 11.6 Å². The standard InChI is InChI=1S/C21H20F2N4O3/c1-29-17-8-6-13(22)18(19(17)23)11-5-7-14-12(9-11)10-25-21(26-14)27-15-3-2-4-16(15)30-20(24)28/h5-10,15-16H,2-4H2,1H3,(H2,24,28)(H,25,26,27)/t15-,16+/m1/s1. The van der Waals surface area contributed by atoms with Gasteiger partial charge in [-0.1, -0.05) is 6.07 Å². The first-order valence-electron chi connectivity index (χ1n) is 9.48. The molecule has 3 aromatic rings. The van der Waals surface area contributed by atoms with Crippen LogP contribution in [0.1, 0.15) is 19.3 Å². The van der Waals surface area contributed by atoms with Gasteiger partial charge < -0.3 is 20.5 Å². The Morgan fingerprint density at radius 1 is 1.23 bits per heavy atom. The molecule has 0 aliphatic heterocycles. The van der Waals surface area contributed by atoms with Gasteiger partial charge >= 0.3 is 6.09 Å². The number of fused-ring (bicyclic) bond motifs is 1. The lowest BCUT2D eigenvalue weighted by Crippen LogP contribution is -2.34. The first-order valence-corrected chi connectivity index (χ1v) is 9.48. The van der Waals surface area contributed by atoms with Gasteiger partial charge in [-0.05, 0) is 49.1 Å². The molecule has 1 amide bonds. The number of primary amides is 1. The normalized spacial score (nSPS) is 18.4. The van der Waals surface area contributed by atoms with Crippen LogP contribution in [0.25, 0.3) is 22.0 Å². The molecule has 1 heterocycles. The Balaban J connectivity index is 1.62. The van der Waals surface area contributed by atoms with Crippen molar-refractivity contribution in [3.05, 3.63) is 48.2 Å². The molecule has 1 aliphatic carbocycles. The van der Waals surface area contributed by atoms with Crippen molar-refractivity contribution in [1.29, 1.82) is 0 Å². The molecule has 30 heavy (non-hydrogen) atoms. The number of benzene rings is 2. The Labute approximate surface area is 171 Å². The minimum absolute atomic E-state index is 0.0356. The number of halogens is 2. The van der Waals surface area contributed by atoms with E-state index < -0.39 is 17.7 Å². The molecule has 2 aromatic carbocycles. The number of amides is 1. The Kier molecular flexibility index (Phi) is 5.35. The summed E-state index contributed by atoms with van der Waals surface area (Å²) in [7, 11) is 1.33. The first kappa shape index (κ1) is 19.8. The number of methoxy groups -OCH3 is 1. The fraction of sp³-hybridized carbons (Fsp3) is 0.286. The Morgan fingerprint density at radius 2 is 2.07 bits per heavy atom. The largest absolute Gasteiger partial charge is 0.494 e. The van der Waals surface area contributed by atoms with Crippen molar-refractivity contribution in [2.75, 3.05) is 12.4 Å². The molecule has 1 saturated carbocycles. The van der Waals surface area contributed by atoms with Crippen molar-refractivity contribution in [2.45, 2.75) is 31.4 Å². The molecule has 0 unspecified atom stereocenters. The van der Waals surface area contributed by atoms with Gasteiger partial charge in [-0.2, -0.15) is 0 Å². The Morgan fingerprint density at radius 3 is 2.83 bits per heavy atom. The minimum Gasteiger partial charge on any atom is -0.494 e. The highest BCUT2D eigenvalue weighted by molar-refractivity contribution is 5.85. The summed E-state index contributed by atoms with van der Waals surface area (Å²) in [5, 5.41) is 3.80. The second-order valence-corrected chi connectivity index (χ2v) is 7.06. The average Bonchev–Trinajstić information content (AvgIpc) is 3.14. The molecule has 1 aromatic heterocycles. The number of ether oxygens (including phenoxy) is 2. The number of hydrogen-bond donors (Lipinski definition) is 2. The van der Waals surface area contributed by atoms with Crippen LogP contribution in [0.5, 0.6) is 5.75 Å². The van der Waals surface area contributed by atoms with E-state index in [1.54, 1.807) is 24.4 Å². The van der Waals surface area contributed by atoms with E-state index >= 15 is 0 Å². The molecule has 0 radical (unpaired) electrons. The molecule has 7 nitrogen and oxygen atoms in total. The summed E-state index contributed by atoms with van der Waals surface area (Å²) in [5.41, 5.74) is 5.91. The Bertz CT molecular complexity index is 1110. The second kappa shape index (κ2) is 8.10. The number of anilines is 1.